The summed E-state index contributed by atoms with van der Waals surface area (Å²) in [5.74, 6) is 2.01. The van der Waals surface area contributed by atoms with Crippen molar-refractivity contribution >= 4 is 5.91 Å². The van der Waals surface area contributed by atoms with Gasteiger partial charge in [0.25, 0.3) is 0 Å². The van der Waals surface area contributed by atoms with Crippen molar-refractivity contribution in [2.75, 3.05) is 26.3 Å². The summed E-state index contributed by atoms with van der Waals surface area (Å²) >= 11 is 0. The van der Waals surface area contributed by atoms with Crippen LogP contribution in [0.4, 0.5) is 0 Å². The lowest BCUT2D eigenvalue weighted by molar-refractivity contribution is -0.137. The van der Waals surface area contributed by atoms with Gasteiger partial charge in [-0.1, -0.05) is 5.16 Å². The summed E-state index contributed by atoms with van der Waals surface area (Å²) in [5, 5.41) is 3.92. The number of rotatable bonds is 5. The summed E-state index contributed by atoms with van der Waals surface area (Å²) in [5.41, 5.74) is 0. The molecule has 0 N–H and O–H groups in total. The normalized spacial score (nSPS) is 16.8. The molecule has 1 saturated heterocycles. The van der Waals surface area contributed by atoms with Gasteiger partial charge in [0.2, 0.25) is 11.8 Å². The molecule has 0 saturated carbocycles. The number of ether oxygens (including phenoxy) is 1. The van der Waals surface area contributed by atoms with Crippen LogP contribution in [0.15, 0.2) is 4.52 Å². The molecule has 0 spiro atoms. The predicted molar refractivity (Wildman–Crippen MR) is 68.5 cm³/mol. The Hall–Kier alpha value is -1.43. The number of aromatic nitrogens is 2. The number of hydrogen-bond donors (Lipinski definition) is 0. The molecule has 1 aromatic rings. The van der Waals surface area contributed by atoms with Crippen LogP contribution in [0.3, 0.4) is 0 Å². The van der Waals surface area contributed by atoms with Gasteiger partial charge in [-0.25, -0.2) is 0 Å². The smallest absolute Gasteiger partial charge is 0.248 e. The monoisotopic (exact) mass is 267 g/mol. The third kappa shape index (κ3) is 4.02. The van der Waals surface area contributed by atoms with E-state index >= 15 is 0 Å². The number of carbonyl (C=O) groups excluding carboxylic acids is 1. The predicted octanol–water partition coefficient (Wildman–Crippen LogP) is 1.20. The molecule has 6 nitrogen and oxygen atoms in total. The molecule has 1 aliphatic rings. The lowest BCUT2D eigenvalue weighted by atomic mass is 9.93. The Morgan fingerprint density at radius 1 is 1.47 bits per heavy atom. The van der Waals surface area contributed by atoms with Gasteiger partial charge in [-0.05, 0) is 25.7 Å². The van der Waals surface area contributed by atoms with Crippen LogP contribution in [0.2, 0.25) is 0 Å². The maximum atomic E-state index is 11.8. The molecular formula is C13H21N3O3. The highest BCUT2D eigenvalue weighted by Crippen LogP contribution is 2.20. The molecule has 1 aliphatic heterocycles. The molecule has 0 aromatic carbocycles. The van der Waals surface area contributed by atoms with E-state index in [0.29, 0.717) is 18.4 Å². The van der Waals surface area contributed by atoms with Crippen molar-refractivity contribution in [1.82, 2.24) is 15.0 Å². The van der Waals surface area contributed by atoms with E-state index in [2.05, 4.69) is 10.1 Å². The summed E-state index contributed by atoms with van der Waals surface area (Å²) in [6, 6.07) is 0. The zero-order valence-electron chi connectivity index (χ0n) is 11.6. The number of piperidine rings is 1. The highest BCUT2D eigenvalue weighted by Gasteiger charge is 2.23. The number of nitrogens with zero attached hydrogens (tertiary/aromatic N) is 3. The molecule has 106 valence electrons. The standard InChI is InChI=1S/C13H21N3O3/c1-3-18-9-13(17)16-6-4-11(5-7-16)8-12-14-10(2)19-15-12/h11H,3-9H2,1-2H3. The Balaban J connectivity index is 1.74. The molecule has 0 radical (unpaired) electrons. The van der Waals surface area contributed by atoms with Crippen LogP contribution in [-0.2, 0) is 16.0 Å². The second-order valence-corrected chi connectivity index (χ2v) is 4.90. The fourth-order valence-corrected chi connectivity index (χ4v) is 2.35. The topological polar surface area (TPSA) is 68.5 Å². The fraction of sp³-hybridized carbons (Fsp3) is 0.769. The molecular weight excluding hydrogens is 246 g/mol. The lowest BCUT2D eigenvalue weighted by Gasteiger charge is -2.31. The van der Waals surface area contributed by atoms with Crippen LogP contribution in [0.5, 0.6) is 0 Å². The Bertz CT molecular complexity index is 411. The molecule has 1 aromatic heterocycles. The van der Waals surface area contributed by atoms with E-state index in [1.54, 1.807) is 6.92 Å². The average Bonchev–Trinajstić information content (AvgIpc) is 2.82. The zero-order valence-corrected chi connectivity index (χ0v) is 11.6. The van der Waals surface area contributed by atoms with Gasteiger partial charge < -0.3 is 14.2 Å². The molecule has 0 bridgehead atoms. The minimum Gasteiger partial charge on any atom is -0.372 e. The van der Waals surface area contributed by atoms with Crippen LogP contribution in [0, 0.1) is 12.8 Å². The summed E-state index contributed by atoms with van der Waals surface area (Å²) < 4.78 is 10.1. The van der Waals surface area contributed by atoms with Gasteiger partial charge in [0.1, 0.15) is 6.61 Å². The van der Waals surface area contributed by atoms with E-state index in [1.807, 2.05) is 11.8 Å². The Morgan fingerprint density at radius 3 is 2.79 bits per heavy atom. The highest BCUT2D eigenvalue weighted by molar-refractivity contribution is 5.77. The third-order valence-corrected chi connectivity index (χ3v) is 3.44. The van der Waals surface area contributed by atoms with Crippen molar-refractivity contribution in [2.24, 2.45) is 5.92 Å². The van der Waals surface area contributed by atoms with Gasteiger partial charge in [-0.15, -0.1) is 0 Å². The maximum Gasteiger partial charge on any atom is 0.248 e. The van der Waals surface area contributed by atoms with Gasteiger partial charge in [0.15, 0.2) is 5.82 Å². The first kappa shape index (κ1) is 14.0. The lowest BCUT2D eigenvalue weighted by Crippen LogP contribution is -2.40. The second-order valence-electron chi connectivity index (χ2n) is 4.90. The number of amides is 1. The number of carbonyl (C=O) groups is 1. The van der Waals surface area contributed by atoms with E-state index in [9.17, 15) is 4.79 Å². The molecule has 0 unspecified atom stereocenters. The van der Waals surface area contributed by atoms with Gasteiger partial charge >= 0.3 is 0 Å². The van der Waals surface area contributed by atoms with Gasteiger partial charge in [0.05, 0.1) is 0 Å². The van der Waals surface area contributed by atoms with Gasteiger partial charge in [0, 0.05) is 33.0 Å². The summed E-state index contributed by atoms with van der Waals surface area (Å²) in [6.07, 6.45) is 2.82. The zero-order chi connectivity index (χ0) is 13.7. The van der Waals surface area contributed by atoms with Crippen molar-refractivity contribution in [3.05, 3.63) is 11.7 Å². The number of aryl methyl sites for hydroxylation is 1. The Kier molecular flexibility index (Phi) is 4.90. The number of likely N-dealkylation sites (tertiary alicyclic amines) is 1. The van der Waals surface area contributed by atoms with Gasteiger partial charge in [-0.2, -0.15) is 4.98 Å². The van der Waals surface area contributed by atoms with Crippen LogP contribution in [0.1, 0.15) is 31.5 Å². The molecule has 0 aliphatic carbocycles. The first-order valence-corrected chi connectivity index (χ1v) is 6.83. The minimum absolute atomic E-state index is 0.0932. The Labute approximate surface area is 113 Å². The van der Waals surface area contributed by atoms with Crippen LogP contribution in [0.25, 0.3) is 0 Å². The molecule has 0 atom stereocenters. The fourth-order valence-electron chi connectivity index (χ4n) is 2.35. The number of hydrogen-bond acceptors (Lipinski definition) is 5. The van der Waals surface area contributed by atoms with E-state index < -0.39 is 0 Å². The summed E-state index contributed by atoms with van der Waals surface area (Å²) in [6.45, 7) is 6.07. The minimum atomic E-state index is 0.0932. The summed E-state index contributed by atoms with van der Waals surface area (Å²) in [4.78, 5) is 17.9. The van der Waals surface area contributed by atoms with Crippen molar-refractivity contribution < 1.29 is 14.1 Å². The highest BCUT2D eigenvalue weighted by atomic mass is 16.5. The Morgan fingerprint density at radius 2 is 2.21 bits per heavy atom. The first-order valence-electron chi connectivity index (χ1n) is 6.83. The van der Waals surface area contributed by atoms with Crippen LogP contribution < -0.4 is 0 Å². The van der Waals surface area contributed by atoms with E-state index in [1.165, 1.54) is 0 Å². The average molecular weight is 267 g/mol. The third-order valence-electron chi connectivity index (χ3n) is 3.44. The maximum absolute atomic E-state index is 11.8. The quantitative estimate of drug-likeness (QED) is 0.801. The molecule has 2 rings (SSSR count). The van der Waals surface area contributed by atoms with Crippen molar-refractivity contribution in [3.8, 4) is 0 Å². The molecule has 2 heterocycles. The van der Waals surface area contributed by atoms with Crippen LogP contribution in [-0.4, -0.2) is 47.3 Å². The molecule has 1 amide bonds. The van der Waals surface area contributed by atoms with E-state index in [0.717, 1.165) is 38.2 Å². The SMILES string of the molecule is CCOCC(=O)N1CCC(Cc2noc(C)n2)CC1. The van der Waals surface area contributed by atoms with Gasteiger partial charge in [-0.3, -0.25) is 4.79 Å². The van der Waals surface area contributed by atoms with E-state index in [-0.39, 0.29) is 12.5 Å². The second kappa shape index (κ2) is 6.65. The molecule has 6 heteroatoms. The van der Waals surface area contributed by atoms with Crippen molar-refractivity contribution in [1.29, 1.82) is 0 Å². The van der Waals surface area contributed by atoms with Crippen molar-refractivity contribution in [3.63, 3.8) is 0 Å². The molecule has 1 fully saturated rings. The van der Waals surface area contributed by atoms with Crippen LogP contribution >= 0.6 is 0 Å². The molecule has 19 heavy (non-hydrogen) atoms. The summed E-state index contributed by atoms with van der Waals surface area (Å²) in [7, 11) is 0. The van der Waals surface area contributed by atoms with Crippen molar-refractivity contribution in [2.45, 2.75) is 33.1 Å². The van der Waals surface area contributed by atoms with E-state index in [4.69, 9.17) is 9.26 Å². The first-order chi connectivity index (χ1) is 9.19. The largest absolute Gasteiger partial charge is 0.372 e.